The Morgan fingerprint density at radius 1 is 0.917 bits per heavy atom. The molecule has 0 aromatic heterocycles. The molecular weight excluding hydrogens is 298 g/mol. The molecule has 0 aliphatic heterocycles. The fourth-order valence-electron chi connectivity index (χ4n) is 2.61. The lowest BCUT2D eigenvalue weighted by Crippen LogP contribution is -2.06. The lowest BCUT2D eigenvalue weighted by molar-refractivity contribution is -0.114. The van der Waals surface area contributed by atoms with Crippen LogP contribution in [0.25, 0.3) is 16.8 Å². The van der Waals surface area contributed by atoms with E-state index in [0.717, 1.165) is 16.3 Å². The van der Waals surface area contributed by atoms with Gasteiger partial charge >= 0.3 is 0 Å². The topological polar surface area (TPSA) is 46.2 Å². The molecule has 0 atom stereocenters. The SMILES string of the molecule is CC(=O)Nc1cccc(C(=O)/C=C/c2cccc3ccccc23)c1. The molecule has 1 N–H and O–H groups in total. The number of nitrogens with one attached hydrogen (secondary N) is 1. The number of amides is 1. The fourth-order valence-corrected chi connectivity index (χ4v) is 2.61. The maximum Gasteiger partial charge on any atom is 0.221 e. The lowest BCUT2D eigenvalue weighted by atomic mass is 10.0. The third kappa shape index (κ3) is 3.58. The Labute approximate surface area is 140 Å². The maximum absolute atomic E-state index is 12.4. The Balaban J connectivity index is 1.86. The maximum atomic E-state index is 12.4. The number of carbonyl (C=O) groups is 2. The van der Waals surface area contributed by atoms with Gasteiger partial charge in [-0.2, -0.15) is 0 Å². The van der Waals surface area contributed by atoms with Crippen LogP contribution in [0.15, 0.2) is 72.8 Å². The Bertz CT molecular complexity index is 936. The van der Waals surface area contributed by atoms with E-state index in [2.05, 4.69) is 5.32 Å². The van der Waals surface area contributed by atoms with Gasteiger partial charge < -0.3 is 5.32 Å². The van der Waals surface area contributed by atoms with Crippen LogP contribution in [-0.2, 0) is 4.79 Å². The van der Waals surface area contributed by atoms with E-state index >= 15 is 0 Å². The highest BCUT2D eigenvalue weighted by Crippen LogP contribution is 2.20. The first-order valence-corrected chi connectivity index (χ1v) is 7.71. The number of anilines is 1. The van der Waals surface area contributed by atoms with Gasteiger partial charge in [0.05, 0.1) is 0 Å². The van der Waals surface area contributed by atoms with Crippen LogP contribution in [0.2, 0.25) is 0 Å². The highest BCUT2D eigenvalue weighted by molar-refractivity contribution is 6.08. The van der Waals surface area contributed by atoms with Crippen molar-refractivity contribution in [2.75, 3.05) is 5.32 Å². The molecule has 3 heteroatoms. The molecule has 3 aromatic carbocycles. The predicted molar refractivity (Wildman–Crippen MR) is 98.1 cm³/mol. The van der Waals surface area contributed by atoms with Crippen molar-refractivity contribution in [1.82, 2.24) is 0 Å². The third-order valence-corrected chi connectivity index (χ3v) is 3.71. The van der Waals surface area contributed by atoms with Crippen LogP contribution in [0, 0.1) is 0 Å². The number of fused-ring (bicyclic) bond motifs is 1. The molecule has 0 aliphatic rings. The highest BCUT2D eigenvalue weighted by atomic mass is 16.1. The van der Waals surface area contributed by atoms with E-state index in [9.17, 15) is 9.59 Å². The van der Waals surface area contributed by atoms with E-state index in [4.69, 9.17) is 0 Å². The number of benzene rings is 3. The summed E-state index contributed by atoms with van der Waals surface area (Å²) in [5.41, 5.74) is 2.16. The molecule has 3 nitrogen and oxygen atoms in total. The second-order valence-electron chi connectivity index (χ2n) is 5.53. The molecule has 0 saturated heterocycles. The smallest absolute Gasteiger partial charge is 0.221 e. The highest BCUT2D eigenvalue weighted by Gasteiger charge is 2.04. The Hall–Kier alpha value is -3.20. The molecule has 0 aliphatic carbocycles. The van der Waals surface area contributed by atoms with Gasteiger partial charge in [-0.25, -0.2) is 0 Å². The van der Waals surface area contributed by atoms with Gasteiger partial charge in [-0.1, -0.05) is 60.7 Å². The van der Waals surface area contributed by atoms with Gasteiger partial charge in [0.25, 0.3) is 0 Å². The van der Waals surface area contributed by atoms with Gasteiger partial charge in [0.15, 0.2) is 5.78 Å². The molecule has 0 heterocycles. The molecular formula is C21H17NO2. The minimum atomic E-state index is -0.161. The summed E-state index contributed by atoms with van der Waals surface area (Å²) >= 11 is 0. The second kappa shape index (κ2) is 6.92. The van der Waals surface area contributed by atoms with Crippen LogP contribution in [0.4, 0.5) is 5.69 Å². The van der Waals surface area contributed by atoms with Gasteiger partial charge in [0.2, 0.25) is 5.91 Å². The number of hydrogen-bond acceptors (Lipinski definition) is 2. The van der Waals surface area contributed by atoms with Crippen LogP contribution in [0.5, 0.6) is 0 Å². The third-order valence-electron chi connectivity index (χ3n) is 3.71. The molecule has 0 radical (unpaired) electrons. The van der Waals surface area contributed by atoms with Crippen LogP contribution in [0.1, 0.15) is 22.8 Å². The van der Waals surface area contributed by atoms with Crippen molar-refractivity contribution in [1.29, 1.82) is 0 Å². The number of rotatable bonds is 4. The van der Waals surface area contributed by atoms with Gasteiger partial charge in [-0.3, -0.25) is 9.59 Å². The Morgan fingerprint density at radius 3 is 2.50 bits per heavy atom. The van der Waals surface area contributed by atoms with Crippen LogP contribution >= 0.6 is 0 Å². The summed E-state index contributed by atoms with van der Waals surface area (Å²) in [6, 6.07) is 21.0. The molecule has 118 valence electrons. The first-order chi connectivity index (χ1) is 11.6. The van der Waals surface area contributed by atoms with E-state index in [-0.39, 0.29) is 11.7 Å². The first kappa shape index (κ1) is 15.7. The summed E-state index contributed by atoms with van der Waals surface area (Å²) in [6.07, 6.45) is 3.39. The first-order valence-electron chi connectivity index (χ1n) is 7.71. The average molecular weight is 315 g/mol. The Kier molecular flexibility index (Phi) is 4.52. The fraction of sp³-hybridized carbons (Fsp3) is 0.0476. The number of carbonyl (C=O) groups excluding carboxylic acids is 2. The van der Waals surface area contributed by atoms with Crippen molar-refractivity contribution < 1.29 is 9.59 Å². The van der Waals surface area contributed by atoms with Gasteiger partial charge in [0, 0.05) is 18.2 Å². The summed E-state index contributed by atoms with van der Waals surface area (Å²) in [5, 5.41) is 4.93. The zero-order valence-electron chi connectivity index (χ0n) is 13.3. The van der Waals surface area contributed by atoms with Crippen molar-refractivity contribution in [3.8, 4) is 0 Å². The number of ketones is 1. The van der Waals surface area contributed by atoms with E-state index < -0.39 is 0 Å². The molecule has 0 bridgehead atoms. The summed E-state index contributed by atoms with van der Waals surface area (Å²) in [4.78, 5) is 23.5. The molecule has 0 saturated carbocycles. The van der Waals surface area contributed by atoms with Crippen molar-refractivity contribution in [2.24, 2.45) is 0 Å². The van der Waals surface area contributed by atoms with Gasteiger partial charge in [-0.15, -0.1) is 0 Å². The zero-order valence-corrected chi connectivity index (χ0v) is 13.3. The molecule has 1 amide bonds. The van der Waals surface area contributed by atoms with Crippen molar-refractivity contribution in [3.63, 3.8) is 0 Å². The molecule has 0 fully saturated rings. The van der Waals surface area contributed by atoms with Gasteiger partial charge in [-0.05, 0) is 34.5 Å². The minimum Gasteiger partial charge on any atom is -0.326 e. The number of allylic oxidation sites excluding steroid dienone is 1. The second-order valence-corrected chi connectivity index (χ2v) is 5.53. The van der Waals surface area contributed by atoms with Crippen LogP contribution in [-0.4, -0.2) is 11.7 Å². The van der Waals surface area contributed by atoms with E-state index in [0.29, 0.717) is 11.3 Å². The van der Waals surface area contributed by atoms with Crippen molar-refractivity contribution in [3.05, 3.63) is 83.9 Å². The summed E-state index contributed by atoms with van der Waals surface area (Å²) < 4.78 is 0. The normalized spacial score (nSPS) is 10.9. The van der Waals surface area contributed by atoms with E-state index in [1.807, 2.05) is 48.5 Å². The Morgan fingerprint density at radius 2 is 1.67 bits per heavy atom. The monoisotopic (exact) mass is 315 g/mol. The zero-order chi connectivity index (χ0) is 16.9. The summed E-state index contributed by atoms with van der Waals surface area (Å²) in [5.74, 6) is -0.263. The van der Waals surface area contributed by atoms with Crippen molar-refractivity contribution in [2.45, 2.75) is 6.92 Å². The van der Waals surface area contributed by atoms with Crippen molar-refractivity contribution >= 4 is 34.2 Å². The standard InChI is InChI=1S/C21H17NO2/c1-15(23)22-19-10-5-9-18(14-19)21(24)13-12-17-8-4-7-16-6-2-3-11-20(16)17/h2-14H,1H3,(H,22,23)/b13-12+. The number of hydrogen-bond donors (Lipinski definition) is 1. The summed E-state index contributed by atoms with van der Waals surface area (Å²) in [6.45, 7) is 1.44. The summed E-state index contributed by atoms with van der Waals surface area (Å²) in [7, 11) is 0. The van der Waals surface area contributed by atoms with E-state index in [1.165, 1.54) is 6.92 Å². The average Bonchev–Trinajstić information content (AvgIpc) is 2.59. The predicted octanol–water partition coefficient (Wildman–Crippen LogP) is 4.69. The molecule has 0 unspecified atom stereocenters. The molecule has 24 heavy (non-hydrogen) atoms. The molecule has 3 rings (SSSR count). The minimum absolute atomic E-state index is 0.102. The van der Waals surface area contributed by atoms with Gasteiger partial charge in [0.1, 0.15) is 0 Å². The van der Waals surface area contributed by atoms with Crippen LogP contribution in [0.3, 0.4) is 0 Å². The quantitative estimate of drug-likeness (QED) is 0.560. The molecule has 3 aromatic rings. The van der Waals surface area contributed by atoms with Crippen LogP contribution < -0.4 is 5.32 Å². The lowest BCUT2D eigenvalue weighted by Gasteiger charge is -2.04. The largest absolute Gasteiger partial charge is 0.326 e. The molecule has 0 spiro atoms. The van der Waals surface area contributed by atoms with E-state index in [1.54, 1.807) is 30.3 Å².